The maximum Gasteiger partial charge on any atom is 0.332 e. The third-order valence-corrected chi connectivity index (χ3v) is 6.33. The number of hydrogen-bond acceptors (Lipinski definition) is 6. The summed E-state index contributed by atoms with van der Waals surface area (Å²) in [5.41, 5.74) is 2.72. The number of carbonyl (C=O) groups is 1. The number of benzene rings is 1. The predicted molar refractivity (Wildman–Crippen MR) is 122 cm³/mol. The molecule has 0 bridgehead atoms. The van der Waals surface area contributed by atoms with Gasteiger partial charge in [-0.05, 0) is 32.0 Å². The van der Waals surface area contributed by atoms with Gasteiger partial charge in [0.2, 0.25) is 0 Å². The standard InChI is InChI=1S/C22H16FN5O2S2/c1-13-10-17(18(23)14(2)25-13)20-19(16-5-3-4-15(11-16)12-24)26-21(31-20)27-22(29)28-6-8-32(30)9-7-28/h3-11H,1-2H3,(H,26,27,29). The fourth-order valence-corrected chi connectivity index (χ4v) is 4.68. The first kappa shape index (κ1) is 21.7. The average molecular weight is 466 g/mol. The summed E-state index contributed by atoms with van der Waals surface area (Å²) in [4.78, 5) is 23.0. The van der Waals surface area contributed by atoms with Gasteiger partial charge in [-0.2, -0.15) is 5.26 Å². The first-order chi connectivity index (χ1) is 15.4. The van der Waals surface area contributed by atoms with E-state index in [9.17, 15) is 14.6 Å². The molecule has 1 N–H and O–H groups in total. The highest BCUT2D eigenvalue weighted by Crippen LogP contribution is 2.41. The van der Waals surface area contributed by atoms with Gasteiger partial charge in [-0.25, -0.2) is 14.2 Å². The molecule has 10 heteroatoms. The molecule has 0 radical (unpaired) electrons. The van der Waals surface area contributed by atoms with Gasteiger partial charge in [-0.15, -0.1) is 0 Å². The monoisotopic (exact) mass is 465 g/mol. The van der Waals surface area contributed by atoms with E-state index in [-0.39, 0.29) is 10.8 Å². The maximum atomic E-state index is 15.0. The second-order valence-electron chi connectivity index (χ2n) is 6.84. The number of aromatic nitrogens is 2. The summed E-state index contributed by atoms with van der Waals surface area (Å²) in [5, 5.41) is 15.0. The number of rotatable bonds is 3. The SMILES string of the molecule is Cc1cc(-c2sc(NC(=O)N3C=C[S+]([O-])C=C3)nc2-c2cccc(C#N)c2)c(F)c(C)n1. The summed E-state index contributed by atoms with van der Waals surface area (Å²) in [6, 6.07) is 10.0. The van der Waals surface area contributed by atoms with Gasteiger partial charge in [0.25, 0.3) is 0 Å². The zero-order chi connectivity index (χ0) is 22.8. The van der Waals surface area contributed by atoms with Crippen LogP contribution in [0.15, 0.2) is 53.5 Å². The van der Waals surface area contributed by atoms with E-state index in [1.165, 1.54) is 28.1 Å². The van der Waals surface area contributed by atoms with Crippen molar-refractivity contribution in [2.24, 2.45) is 0 Å². The number of aryl methyl sites for hydroxylation is 2. The Kier molecular flexibility index (Phi) is 6.05. The summed E-state index contributed by atoms with van der Waals surface area (Å²) in [5.74, 6) is -0.473. The van der Waals surface area contributed by atoms with E-state index in [1.807, 2.05) is 0 Å². The fraction of sp³-hybridized carbons (Fsp3) is 0.0909. The van der Waals surface area contributed by atoms with Gasteiger partial charge in [-0.3, -0.25) is 15.2 Å². The van der Waals surface area contributed by atoms with Gasteiger partial charge in [0.15, 0.2) is 10.9 Å². The van der Waals surface area contributed by atoms with E-state index in [4.69, 9.17) is 0 Å². The van der Waals surface area contributed by atoms with E-state index in [2.05, 4.69) is 21.4 Å². The van der Waals surface area contributed by atoms with Crippen LogP contribution in [0.4, 0.5) is 14.3 Å². The molecule has 0 atom stereocenters. The zero-order valence-corrected chi connectivity index (χ0v) is 18.6. The number of urea groups is 1. The van der Waals surface area contributed by atoms with Crippen molar-refractivity contribution < 1.29 is 13.7 Å². The molecule has 0 spiro atoms. The van der Waals surface area contributed by atoms with Crippen molar-refractivity contribution in [1.82, 2.24) is 14.9 Å². The first-order valence-corrected chi connectivity index (χ1v) is 11.5. The van der Waals surface area contributed by atoms with Gasteiger partial charge in [0.05, 0.1) is 40.3 Å². The molecule has 0 saturated carbocycles. The zero-order valence-electron chi connectivity index (χ0n) is 17.0. The molecule has 1 aliphatic rings. The van der Waals surface area contributed by atoms with Gasteiger partial charge in [0.1, 0.15) is 10.8 Å². The molecule has 2 amide bonds. The minimum Gasteiger partial charge on any atom is -0.607 e. The molecule has 32 heavy (non-hydrogen) atoms. The number of thiazole rings is 1. The summed E-state index contributed by atoms with van der Waals surface area (Å²) >= 11 is -0.137. The molecule has 160 valence electrons. The number of nitrogens with one attached hydrogen (secondary N) is 1. The highest BCUT2D eigenvalue weighted by molar-refractivity contribution is 7.97. The van der Waals surface area contributed by atoms with Gasteiger partial charge < -0.3 is 4.55 Å². The molecule has 3 heterocycles. The fourth-order valence-electron chi connectivity index (χ4n) is 3.10. The molecule has 1 aliphatic heterocycles. The summed E-state index contributed by atoms with van der Waals surface area (Å²) in [6.07, 6.45) is 2.79. The van der Waals surface area contributed by atoms with Crippen molar-refractivity contribution in [2.45, 2.75) is 13.8 Å². The minimum atomic E-state index is -1.25. The van der Waals surface area contributed by atoms with Gasteiger partial charge >= 0.3 is 6.03 Å². The molecule has 0 saturated heterocycles. The smallest absolute Gasteiger partial charge is 0.332 e. The molecule has 3 aromatic rings. The lowest BCUT2D eigenvalue weighted by molar-refractivity contribution is 0.239. The van der Waals surface area contributed by atoms with Crippen LogP contribution in [0.3, 0.4) is 0 Å². The third-order valence-electron chi connectivity index (χ3n) is 4.55. The minimum absolute atomic E-state index is 0.252. The van der Waals surface area contributed by atoms with Crippen LogP contribution in [-0.2, 0) is 11.2 Å². The lowest BCUT2D eigenvalue weighted by Crippen LogP contribution is -2.27. The number of carbonyl (C=O) groups excluding carboxylic acids is 1. The Labute approximate surface area is 190 Å². The summed E-state index contributed by atoms with van der Waals surface area (Å²) in [7, 11) is 0. The van der Waals surface area contributed by atoms with E-state index in [1.54, 1.807) is 44.2 Å². The number of halogens is 1. The number of anilines is 1. The second kappa shape index (κ2) is 8.92. The van der Waals surface area contributed by atoms with E-state index < -0.39 is 23.0 Å². The van der Waals surface area contributed by atoms with Crippen molar-refractivity contribution in [3.63, 3.8) is 0 Å². The van der Waals surface area contributed by atoms with Crippen LogP contribution in [-0.4, -0.2) is 25.5 Å². The Morgan fingerprint density at radius 3 is 2.72 bits per heavy atom. The topological polar surface area (TPSA) is 105 Å². The highest BCUT2D eigenvalue weighted by Gasteiger charge is 2.22. The van der Waals surface area contributed by atoms with Crippen molar-refractivity contribution in [3.05, 3.63) is 76.3 Å². The van der Waals surface area contributed by atoms with Crippen molar-refractivity contribution in [2.75, 3.05) is 5.32 Å². The molecule has 2 aromatic heterocycles. The maximum absolute atomic E-state index is 15.0. The van der Waals surface area contributed by atoms with Crippen molar-refractivity contribution in [3.8, 4) is 27.8 Å². The molecule has 0 aliphatic carbocycles. The normalized spacial score (nSPS) is 13.3. The Hall–Kier alpha value is -3.52. The van der Waals surface area contributed by atoms with E-state index >= 15 is 4.39 Å². The van der Waals surface area contributed by atoms with E-state index in [0.717, 1.165) is 11.3 Å². The van der Waals surface area contributed by atoms with Crippen LogP contribution in [0.1, 0.15) is 17.0 Å². The molecule has 1 aromatic carbocycles. The van der Waals surface area contributed by atoms with Crippen molar-refractivity contribution in [1.29, 1.82) is 5.26 Å². The largest absolute Gasteiger partial charge is 0.607 e. The Balaban J connectivity index is 1.79. The van der Waals surface area contributed by atoms with Crippen LogP contribution in [0, 0.1) is 31.0 Å². The van der Waals surface area contributed by atoms with Gasteiger partial charge in [-0.1, -0.05) is 23.5 Å². The molecular weight excluding hydrogens is 449 g/mol. The molecule has 0 fully saturated rings. The van der Waals surface area contributed by atoms with Crippen LogP contribution in [0.5, 0.6) is 0 Å². The quantitative estimate of drug-likeness (QED) is 0.546. The van der Waals surface area contributed by atoms with E-state index in [0.29, 0.717) is 33.0 Å². The van der Waals surface area contributed by atoms with Gasteiger partial charge in [0, 0.05) is 28.0 Å². The Morgan fingerprint density at radius 2 is 2.00 bits per heavy atom. The summed E-state index contributed by atoms with van der Waals surface area (Å²) < 4.78 is 26.4. The molecule has 4 rings (SSSR count). The predicted octanol–water partition coefficient (Wildman–Crippen LogP) is 5.04. The Bertz CT molecular complexity index is 1300. The number of nitriles is 1. The molecule has 0 unspecified atom stereocenters. The van der Waals surface area contributed by atoms with Crippen molar-refractivity contribution >= 4 is 33.7 Å². The lowest BCUT2D eigenvalue weighted by atomic mass is 10.0. The summed E-state index contributed by atoms with van der Waals surface area (Å²) in [6.45, 7) is 3.36. The Morgan fingerprint density at radius 1 is 1.25 bits per heavy atom. The van der Waals surface area contributed by atoms with Crippen LogP contribution >= 0.6 is 11.3 Å². The number of hydrogen-bond donors (Lipinski definition) is 1. The third kappa shape index (κ3) is 4.40. The number of nitrogens with zero attached hydrogens (tertiary/aromatic N) is 4. The average Bonchev–Trinajstić information content (AvgIpc) is 3.20. The highest BCUT2D eigenvalue weighted by atomic mass is 32.2. The van der Waals surface area contributed by atoms with Crippen LogP contribution in [0.2, 0.25) is 0 Å². The lowest BCUT2D eigenvalue weighted by Gasteiger charge is -2.15. The molecule has 7 nitrogen and oxygen atoms in total. The molecular formula is C22H16FN5O2S2. The number of pyridine rings is 1. The second-order valence-corrected chi connectivity index (χ2v) is 9.04. The van der Waals surface area contributed by atoms with Crippen LogP contribution < -0.4 is 5.32 Å². The number of amides is 2. The first-order valence-electron chi connectivity index (χ1n) is 9.36. The van der Waals surface area contributed by atoms with Crippen LogP contribution in [0.25, 0.3) is 21.7 Å².